The van der Waals surface area contributed by atoms with E-state index < -0.39 is 0 Å². The first-order valence-corrected chi connectivity index (χ1v) is 6.26. The normalized spacial score (nSPS) is 11.2. The Balaban J connectivity index is 2.70. The summed E-state index contributed by atoms with van der Waals surface area (Å²) in [4.78, 5) is 11.5. The lowest BCUT2D eigenvalue weighted by Crippen LogP contribution is -2.25. The number of carbonyl (C=O) groups is 1. The highest BCUT2D eigenvalue weighted by atomic mass is 16.5. The molecule has 1 rings (SSSR count). The number of aryl methyl sites for hydroxylation is 1. The molecule has 0 unspecified atom stereocenters. The summed E-state index contributed by atoms with van der Waals surface area (Å²) >= 11 is 0. The van der Waals surface area contributed by atoms with Crippen LogP contribution in [0.5, 0.6) is 5.75 Å². The molecular formula is C15H22O4. The van der Waals surface area contributed by atoms with E-state index >= 15 is 0 Å². The van der Waals surface area contributed by atoms with Gasteiger partial charge in [-0.05, 0) is 38.5 Å². The second-order valence-electron chi connectivity index (χ2n) is 5.03. The van der Waals surface area contributed by atoms with Gasteiger partial charge in [-0.2, -0.15) is 0 Å². The van der Waals surface area contributed by atoms with Gasteiger partial charge in [0.05, 0.1) is 24.9 Å². The molecule has 0 heterocycles. The van der Waals surface area contributed by atoms with Gasteiger partial charge in [0.2, 0.25) is 0 Å². The zero-order valence-corrected chi connectivity index (χ0v) is 12.3. The third kappa shape index (κ3) is 4.56. The Morgan fingerprint density at radius 3 is 2.53 bits per heavy atom. The molecule has 1 aromatic carbocycles. The first-order chi connectivity index (χ1) is 8.89. The fraction of sp³-hybridized carbons (Fsp3) is 0.533. The SMILES string of the molecule is COC(=O)c1ccc(C)c(OCCC(C)(C)OC)c1. The van der Waals surface area contributed by atoms with Crippen LogP contribution in [0.1, 0.15) is 36.2 Å². The summed E-state index contributed by atoms with van der Waals surface area (Å²) in [7, 11) is 3.05. The largest absolute Gasteiger partial charge is 0.493 e. The molecule has 0 bridgehead atoms. The van der Waals surface area contributed by atoms with Gasteiger partial charge in [-0.25, -0.2) is 4.79 Å². The molecule has 0 spiro atoms. The monoisotopic (exact) mass is 266 g/mol. The molecule has 4 nitrogen and oxygen atoms in total. The molecule has 0 amide bonds. The third-order valence-electron chi connectivity index (χ3n) is 3.12. The van der Waals surface area contributed by atoms with Crippen molar-refractivity contribution in [3.05, 3.63) is 29.3 Å². The second kappa shape index (κ2) is 6.57. The fourth-order valence-corrected chi connectivity index (χ4v) is 1.51. The van der Waals surface area contributed by atoms with E-state index in [1.807, 2.05) is 26.8 Å². The molecule has 1 aromatic rings. The van der Waals surface area contributed by atoms with Gasteiger partial charge in [0, 0.05) is 13.5 Å². The van der Waals surface area contributed by atoms with Crippen LogP contribution < -0.4 is 4.74 Å². The van der Waals surface area contributed by atoms with Gasteiger partial charge in [-0.15, -0.1) is 0 Å². The molecule has 0 atom stereocenters. The van der Waals surface area contributed by atoms with Crippen LogP contribution in [0.3, 0.4) is 0 Å². The number of rotatable bonds is 6. The molecule has 0 aliphatic carbocycles. The van der Waals surface area contributed by atoms with Crippen molar-refractivity contribution in [2.75, 3.05) is 20.8 Å². The van der Waals surface area contributed by atoms with Crippen LogP contribution in [0.15, 0.2) is 18.2 Å². The molecule has 0 N–H and O–H groups in total. The number of benzene rings is 1. The average molecular weight is 266 g/mol. The van der Waals surface area contributed by atoms with Gasteiger partial charge in [-0.1, -0.05) is 6.07 Å². The third-order valence-corrected chi connectivity index (χ3v) is 3.12. The highest BCUT2D eigenvalue weighted by Gasteiger charge is 2.16. The van der Waals surface area contributed by atoms with Gasteiger partial charge < -0.3 is 14.2 Å². The lowest BCUT2D eigenvalue weighted by Gasteiger charge is -2.23. The maximum absolute atomic E-state index is 11.5. The Morgan fingerprint density at radius 1 is 1.26 bits per heavy atom. The van der Waals surface area contributed by atoms with Crippen LogP contribution in [-0.4, -0.2) is 32.4 Å². The van der Waals surface area contributed by atoms with Gasteiger partial charge >= 0.3 is 5.97 Å². The van der Waals surface area contributed by atoms with E-state index in [-0.39, 0.29) is 11.6 Å². The minimum absolute atomic E-state index is 0.214. The maximum Gasteiger partial charge on any atom is 0.337 e. The number of hydrogen-bond donors (Lipinski definition) is 0. The van der Waals surface area contributed by atoms with E-state index in [1.165, 1.54) is 7.11 Å². The Bertz CT molecular complexity index is 438. The number of methoxy groups -OCH3 is 2. The quantitative estimate of drug-likeness (QED) is 0.742. The molecule has 106 valence electrons. The van der Waals surface area contributed by atoms with Crippen LogP contribution in [-0.2, 0) is 9.47 Å². The van der Waals surface area contributed by atoms with E-state index in [9.17, 15) is 4.79 Å². The van der Waals surface area contributed by atoms with E-state index in [2.05, 4.69) is 0 Å². The summed E-state index contributed by atoms with van der Waals surface area (Å²) in [6.07, 6.45) is 0.769. The smallest absolute Gasteiger partial charge is 0.337 e. The van der Waals surface area contributed by atoms with Crippen molar-refractivity contribution >= 4 is 5.97 Å². The molecule has 4 heteroatoms. The molecule has 0 radical (unpaired) electrons. The first-order valence-electron chi connectivity index (χ1n) is 6.26. The van der Waals surface area contributed by atoms with E-state index in [0.717, 1.165) is 12.0 Å². The molecule has 0 aliphatic rings. The number of carbonyl (C=O) groups excluding carboxylic acids is 1. The van der Waals surface area contributed by atoms with Crippen molar-refractivity contribution in [2.45, 2.75) is 32.8 Å². The van der Waals surface area contributed by atoms with E-state index in [0.29, 0.717) is 17.9 Å². The topological polar surface area (TPSA) is 44.8 Å². The van der Waals surface area contributed by atoms with Crippen molar-refractivity contribution in [2.24, 2.45) is 0 Å². The standard InChI is InChI=1S/C15H22O4/c1-11-6-7-12(14(16)17-4)10-13(11)19-9-8-15(2,3)18-5/h6-7,10H,8-9H2,1-5H3. The number of esters is 1. The summed E-state index contributed by atoms with van der Waals surface area (Å²) in [5.74, 6) is 0.344. The minimum atomic E-state index is -0.359. The minimum Gasteiger partial charge on any atom is -0.493 e. The zero-order valence-electron chi connectivity index (χ0n) is 12.3. The molecule has 19 heavy (non-hydrogen) atoms. The molecule has 0 saturated carbocycles. The van der Waals surface area contributed by atoms with Crippen LogP contribution in [0.25, 0.3) is 0 Å². The summed E-state index contributed by atoms with van der Waals surface area (Å²) in [6, 6.07) is 5.29. The summed E-state index contributed by atoms with van der Waals surface area (Å²) in [5, 5.41) is 0. The van der Waals surface area contributed by atoms with Crippen molar-refractivity contribution in [1.82, 2.24) is 0 Å². The van der Waals surface area contributed by atoms with Crippen molar-refractivity contribution in [3.63, 3.8) is 0 Å². The summed E-state index contributed by atoms with van der Waals surface area (Å²) < 4.78 is 15.7. The Labute approximate surface area is 114 Å². The van der Waals surface area contributed by atoms with E-state index in [4.69, 9.17) is 14.2 Å². The number of ether oxygens (including phenoxy) is 3. The highest BCUT2D eigenvalue weighted by Crippen LogP contribution is 2.21. The fourth-order valence-electron chi connectivity index (χ4n) is 1.51. The zero-order chi connectivity index (χ0) is 14.5. The Morgan fingerprint density at radius 2 is 1.95 bits per heavy atom. The predicted octanol–water partition coefficient (Wildman–Crippen LogP) is 2.98. The van der Waals surface area contributed by atoms with Crippen molar-refractivity contribution < 1.29 is 19.0 Å². The van der Waals surface area contributed by atoms with E-state index in [1.54, 1.807) is 19.2 Å². The first kappa shape index (κ1) is 15.5. The Kier molecular flexibility index (Phi) is 5.36. The average Bonchev–Trinajstić information content (AvgIpc) is 2.40. The second-order valence-corrected chi connectivity index (χ2v) is 5.03. The molecular weight excluding hydrogens is 244 g/mol. The van der Waals surface area contributed by atoms with Crippen LogP contribution in [0, 0.1) is 6.92 Å². The van der Waals surface area contributed by atoms with Crippen LogP contribution in [0.4, 0.5) is 0 Å². The highest BCUT2D eigenvalue weighted by molar-refractivity contribution is 5.89. The van der Waals surface area contributed by atoms with Gasteiger partial charge in [0.1, 0.15) is 5.75 Å². The van der Waals surface area contributed by atoms with Crippen LogP contribution >= 0.6 is 0 Å². The molecule has 0 aliphatic heterocycles. The molecule has 0 fully saturated rings. The predicted molar refractivity (Wildman–Crippen MR) is 73.7 cm³/mol. The van der Waals surface area contributed by atoms with Crippen molar-refractivity contribution in [1.29, 1.82) is 0 Å². The van der Waals surface area contributed by atoms with Crippen LogP contribution in [0.2, 0.25) is 0 Å². The van der Waals surface area contributed by atoms with Gasteiger partial charge in [0.15, 0.2) is 0 Å². The van der Waals surface area contributed by atoms with Gasteiger partial charge in [0.25, 0.3) is 0 Å². The lowest BCUT2D eigenvalue weighted by molar-refractivity contribution is 0.00536. The molecule has 0 aromatic heterocycles. The summed E-state index contributed by atoms with van der Waals surface area (Å²) in [6.45, 7) is 6.49. The molecule has 0 saturated heterocycles. The van der Waals surface area contributed by atoms with Crippen molar-refractivity contribution in [3.8, 4) is 5.75 Å². The van der Waals surface area contributed by atoms with Gasteiger partial charge in [-0.3, -0.25) is 0 Å². The Hall–Kier alpha value is -1.55. The lowest BCUT2D eigenvalue weighted by atomic mass is 10.1. The maximum atomic E-state index is 11.5. The summed E-state index contributed by atoms with van der Waals surface area (Å²) in [5.41, 5.74) is 1.27. The number of hydrogen-bond acceptors (Lipinski definition) is 4.